The number of halogens is 2. The van der Waals surface area contributed by atoms with Crippen molar-refractivity contribution >= 4 is 23.2 Å². The predicted octanol–water partition coefficient (Wildman–Crippen LogP) is 2.40. The van der Waals surface area contributed by atoms with E-state index < -0.39 is 11.7 Å². The molecule has 0 heterocycles. The molecule has 1 amide bonds. The molecule has 0 fully saturated rings. The molecule has 0 saturated carbocycles. The number of ether oxygens (including phenoxy) is 1. The number of hydrogen-bond donors (Lipinski definition) is 1. The summed E-state index contributed by atoms with van der Waals surface area (Å²) in [6, 6.07) is 3.92. The van der Waals surface area contributed by atoms with Crippen molar-refractivity contribution in [2.45, 2.75) is 6.92 Å². The zero-order valence-corrected chi connectivity index (χ0v) is 8.97. The van der Waals surface area contributed by atoms with Crippen LogP contribution in [0.15, 0.2) is 18.2 Å². The molecule has 0 spiro atoms. The maximum Gasteiger partial charge on any atom is 0.239 e. The predicted molar refractivity (Wildman–Crippen MR) is 56.9 cm³/mol. The highest BCUT2D eigenvalue weighted by atomic mass is 35.5. The Morgan fingerprint density at radius 2 is 2.33 bits per heavy atom. The first-order valence-electron chi connectivity index (χ1n) is 4.45. The largest absolute Gasteiger partial charge is 0.492 e. The number of hydrogen-bond acceptors (Lipinski definition) is 2. The van der Waals surface area contributed by atoms with Gasteiger partial charge in [-0.15, -0.1) is 11.6 Å². The summed E-state index contributed by atoms with van der Waals surface area (Å²) in [5.74, 6) is -0.592. The number of rotatable bonds is 4. The van der Waals surface area contributed by atoms with Gasteiger partial charge in [-0.1, -0.05) is 0 Å². The number of carbonyl (C=O) groups excluding carboxylic acids is 1. The van der Waals surface area contributed by atoms with E-state index in [4.69, 9.17) is 16.3 Å². The van der Waals surface area contributed by atoms with Crippen molar-refractivity contribution in [3.8, 4) is 5.75 Å². The van der Waals surface area contributed by atoms with Crippen molar-refractivity contribution < 1.29 is 13.9 Å². The van der Waals surface area contributed by atoms with Crippen molar-refractivity contribution in [2.24, 2.45) is 0 Å². The van der Waals surface area contributed by atoms with E-state index in [9.17, 15) is 9.18 Å². The second kappa shape index (κ2) is 5.56. The molecule has 82 valence electrons. The van der Waals surface area contributed by atoms with E-state index in [1.165, 1.54) is 18.2 Å². The number of anilines is 1. The maximum atomic E-state index is 12.9. The van der Waals surface area contributed by atoms with Gasteiger partial charge in [-0.05, 0) is 19.1 Å². The normalized spacial score (nSPS) is 9.80. The third-order valence-corrected chi connectivity index (χ3v) is 1.88. The Balaban J connectivity index is 2.91. The molecule has 0 saturated heterocycles. The van der Waals surface area contributed by atoms with E-state index in [1.54, 1.807) is 6.92 Å². The number of alkyl halides is 1. The third kappa shape index (κ3) is 3.40. The Kier molecular flexibility index (Phi) is 4.37. The molecule has 1 aromatic carbocycles. The van der Waals surface area contributed by atoms with E-state index in [0.717, 1.165) is 0 Å². The van der Waals surface area contributed by atoms with Gasteiger partial charge in [-0.3, -0.25) is 4.79 Å². The average molecular weight is 232 g/mol. The fourth-order valence-corrected chi connectivity index (χ4v) is 1.13. The zero-order chi connectivity index (χ0) is 11.3. The van der Waals surface area contributed by atoms with Gasteiger partial charge in [0.1, 0.15) is 17.4 Å². The molecule has 0 aliphatic rings. The quantitative estimate of drug-likeness (QED) is 0.809. The van der Waals surface area contributed by atoms with Crippen molar-refractivity contribution in [2.75, 3.05) is 17.8 Å². The summed E-state index contributed by atoms with van der Waals surface area (Å²) >= 11 is 5.32. The van der Waals surface area contributed by atoms with E-state index in [0.29, 0.717) is 18.0 Å². The highest BCUT2D eigenvalue weighted by Crippen LogP contribution is 2.25. The summed E-state index contributed by atoms with van der Waals surface area (Å²) in [6.07, 6.45) is 0. The maximum absolute atomic E-state index is 12.9. The summed E-state index contributed by atoms with van der Waals surface area (Å²) < 4.78 is 18.1. The van der Waals surface area contributed by atoms with E-state index in [2.05, 4.69) is 5.32 Å². The first kappa shape index (κ1) is 11.8. The zero-order valence-electron chi connectivity index (χ0n) is 8.22. The summed E-state index contributed by atoms with van der Waals surface area (Å²) in [7, 11) is 0. The van der Waals surface area contributed by atoms with Crippen LogP contribution in [0.5, 0.6) is 5.75 Å². The molecule has 0 aliphatic heterocycles. The molecule has 0 aromatic heterocycles. The van der Waals surface area contributed by atoms with Crippen LogP contribution in [0.2, 0.25) is 0 Å². The van der Waals surface area contributed by atoms with Gasteiger partial charge in [-0.25, -0.2) is 4.39 Å². The van der Waals surface area contributed by atoms with Crippen LogP contribution in [-0.2, 0) is 4.79 Å². The lowest BCUT2D eigenvalue weighted by molar-refractivity contribution is -0.113. The van der Waals surface area contributed by atoms with Crippen LogP contribution >= 0.6 is 11.6 Å². The molecule has 5 heteroatoms. The van der Waals surface area contributed by atoms with E-state index >= 15 is 0 Å². The smallest absolute Gasteiger partial charge is 0.239 e. The monoisotopic (exact) mass is 231 g/mol. The third-order valence-electron chi connectivity index (χ3n) is 1.64. The van der Waals surface area contributed by atoms with Crippen LogP contribution in [0.25, 0.3) is 0 Å². The van der Waals surface area contributed by atoms with Gasteiger partial charge in [0.05, 0.1) is 12.3 Å². The van der Waals surface area contributed by atoms with Crippen LogP contribution in [0, 0.1) is 5.82 Å². The highest BCUT2D eigenvalue weighted by Gasteiger charge is 2.07. The minimum Gasteiger partial charge on any atom is -0.492 e. The van der Waals surface area contributed by atoms with Crippen molar-refractivity contribution in [1.29, 1.82) is 0 Å². The summed E-state index contributed by atoms with van der Waals surface area (Å²) in [6.45, 7) is 2.24. The lowest BCUT2D eigenvalue weighted by Crippen LogP contribution is -2.13. The van der Waals surface area contributed by atoms with E-state index in [-0.39, 0.29) is 5.88 Å². The van der Waals surface area contributed by atoms with Crippen LogP contribution < -0.4 is 10.1 Å². The molecule has 15 heavy (non-hydrogen) atoms. The summed E-state index contributed by atoms with van der Waals surface area (Å²) in [5.41, 5.74) is 0.294. The van der Waals surface area contributed by atoms with Crippen molar-refractivity contribution in [3.05, 3.63) is 24.0 Å². The van der Waals surface area contributed by atoms with Gasteiger partial charge in [0.15, 0.2) is 0 Å². The highest BCUT2D eigenvalue weighted by molar-refractivity contribution is 6.29. The second-order valence-electron chi connectivity index (χ2n) is 2.76. The van der Waals surface area contributed by atoms with E-state index in [1.807, 2.05) is 0 Å². The Bertz CT molecular complexity index is 357. The topological polar surface area (TPSA) is 38.3 Å². The molecule has 1 N–H and O–H groups in total. The SMILES string of the molecule is CCOc1ccc(F)cc1NC(=O)CCl. The van der Waals surface area contributed by atoms with Crippen molar-refractivity contribution in [1.82, 2.24) is 0 Å². The Morgan fingerprint density at radius 3 is 2.93 bits per heavy atom. The van der Waals surface area contributed by atoms with Gasteiger partial charge in [0.2, 0.25) is 5.91 Å². The Morgan fingerprint density at radius 1 is 1.60 bits per heavy atom. The molecular weight excluding hydrogens is 221 g/mol. The fourth-order valence-electron chi connectivity index (χ4n) is 1.06. The lowest BCUT2D eigenvalue weighted by Gasteiger charge is -2.10. The van der Waals surface area contributed by atoms with Crippen molar-refractivity contribution in [3.63, 3.8) is 0 Å². The molecule has 0 bridgehead atoms. The Labute approximate surface area is 92.2 Å². The van der Waals surface area contributed by atoms with Crippen LogP contribution in [0.4, 0.5) is 10.1 Å². The number of benzene rings is 1. The molecular formula is C10H11ClFNO2. The number of nitrogens with one attached hydrogen (secondary N) is 1. The molecule has 1 aromatic rings. The summed E-state index contributed by atoms with van der Waals surface area (Å²) in [4.78, 5) is 11.0. The van der Waals surface area contributed by atoms with Crippen LogP contribution in [-0.4, -0.2) is 18.4 Å². The van der Waals surface area contributed by atoms with Gasteiger partial charge in [0, 0.05) is 6.07 Å². The molecule has 0 aliphatic carbocycles. The first-order chi connectivity index (χ1) is 7.17. The minimum atomic E-state index is -0.441. The average Bonchev–Trinajstić information content (AvgIpc) is 2.22. The minimum absolute atomic E-state index is 0.178. The molecule has 0 radical (unpaired) electrons. The van der Waals surface area contributed by atoms with Gasteiger partial charge >= 0.3 is 0 Å². The Hall–Kier alpha value is -1.29. The molecule has 3 nitrogen and oxygen atoms in total. The van der Waals surface area contributed by atoms with Gasteiger partial charge in [-0.2, -0.15) is 0 Å². The number of carbonyl (C=O) groups is 1. The molecule has 1 rings (SSSR count). The second-order valence-corrected chi connectivity index (χ2v) is 3.02. The van der Waals surface area contributed by atoms with Gasteiger partial charge < -0.3 is 10.1 Å². The van der Waals surface area contributed by atoms with Gasteiger partial charge in [0.25, 0.3) is 0 Å². The van der Waals surface area contributed by atoms with Crippen LogP contribution in [0.1, 0.15) is 6.92 Å². The lowest BCUT2D eigenvalue weighted by atomic mass is 10.3. The number of amides is 1. The summed E-state index contributed by atoms with van der Waals surface area (Å²) in [5, 5.41) is 2.45. The van der Waals surface area contributed by atoms with Crippen LogP contribution in [0.3, 0.4) is 0 Å². The fraction of sp³-hybridized carbons (Fsp3) is 0.300. The molecule has 0 atom stereocenters. The standard InChI is InChI=1S/C10H11ClFNO2/c1-2-15-9-4-3-7(12)5-8(9)13-10(14)6-11/h3-5H,2,6H2,1H3,(H,13,14). The first-order valence-corrected chi connectivity index (χ1v) is 4.99. The molecule has 0 unspecified atom stereocenters.